The molecule has 2 aromatic rings. The molecule has 1 aliphatic heterocycles. The van der Waals surface area contributed by atoms with Crippen LogP contribution in [-0.4, -0.2) is 243 Å². The average molecular weight is 1550 g/mol. The van der Waals surface area contributed by atoms with Crippen molar-refractivity contribution in [2.45, 2.75) is 307 Å². The van der Waals surface area contributed by atoms with Crippen molar-refractivity contribution in [1.82, 2.24) is 60.6 Å². The SMILES string of the molecule is CC[Si](CC)(CC)O[C@H]([C@H](C)Cc1nc2ccccc2[nH]1)[C@@H]1C(=O)N[C@@H]([C@@H](C)O[Si](CC)(CC)CC)C(=O)N(C)CC(=O)N(C)[C@@H](CC(C)C)C(=O)N[C@H](CC(C)C)C(=O)N(C)[C@H](CC(C)C)C(=O)N[C@@H](C)C(=O)O[C@@H](C(C)C)C(=O)N(C)[C@H](CC(C)C)C(=O)N[C@@H](CC(C)C)C(=O)N(C)[C@H](C(C)C)C(=O)N1C. The van der Waals surface area contributed by atoms with Crippen LogP contribution in [0.15, 0.2) is 24.3 Å². The molecular formula is C80H142N12O14Si2. The highest BCUT2D eigenvalue weighted by atomic mass is 28.4. The van der Waals surface area contributed by atoms with Gasteiger partial charge in [-0.2, -0.15) is 0 Å². The van der Waals surface area contributed by atoms with Crippen LogP contribution in [0.25, 0.3) is 11.0 Å². The summed E-state index contributed by atoms with van der Waals surface area (Å²) >= 11 is 0. The maximum absolute atomic E-state index is 16.6. The number of ether oxygens (including phenoxy) is 1. The van der Waals surface area contributed by atoms with Crippen molar-refractivity contribution in [3.63, 3.8) is 0 Å². The molecule has 614 valence electrons. The predicted octanol–water partition coefficient (Wildman–Crippen LogP) is 9.56. The fraction of sp³-hybridized carbons (Fsp3) is 0.775. The van der Waals surface area contributed by atoms with Gasteiger partial charge < -0.3 is 69.2 Å². The lowest BCUT2D eigenvalue weighted by Gasteiger charge is -2.44. The van der Waals surface area contributed by atoms with Crippen molar-refractivity contribution in [2.24, 2.45) is 47.3 Å². The Balaban J connectivity index is 2.61. The summed E-state index contributed by atoms with van der Waals surface area (Å²) in [5.74, 6) is -9.92. The fourth-order valence-electron chi connectivity index (χ4n) is 14.8. The van der Waals surface area contributed by atoms with E-state index in [0.29, 0.717) is 42.1 Å². The molecule has 0 bridgehead atoms. The van der Waals surface area contributed by atoms with Crippen LogP contribution in [-0.2, 0) is 72.7 Å². The van der Waals surface area contributed by atoms with Gasteiger partial charge in [-0.25, -0.2) is 9.78 Å². The number of aromatic nitrogens is 2. The number of esters is 1. The summed E-state index contributed by atoms with van der Waals surface area (Å²) in [6, 6.07) is -0.175. The Bertz CT molecular complexity index is 3250. The summed E-state index contributed by atoms with van der Waals surface area (Å²) in [6.45, 7) is 42.6. The molecule has 3 rings (SSSR count). The van der Waals surface area contributed by atoms with E-state index in [4.69, 9.17) is 18.6 Å². The number of rotatable bonds is 27. The molecule has 2 heterocycles. The number of hydrogen-bond acceptors (Lipinski definition) is 15. The van der Waals surface area contributed by atoms with Crippen molar-refractivity contribution >= 4 is 92.7 Å². The normalized spacial score (nSPS) is 24.3. The van der Waals surface area contributed by atoms with Crippen molar-refractivity contribution in [3.05, 3.63) is 30.1 Å². The number of nitrogens with one attached hydrogen (secondary N) is 5. The Labute approximate surface area is 649 Å². The Morgan fingerprint density at radius 1 is 0.472 bits per heavy atom. The molecule has 0 saturated carbocycles. The second-order valence-corrected chi connectivity index (χ2v) is 43.0. The second-order valence-electron chi connectivity index (χ2n) is 33.5. The number of aromatic amines is 1. The molecule has 0 radical (unpaired) electrons. The van der Waals surface area contributed by atoms with Crippen LogP contribution in [0.5, 0.6) is 0 Å². The number of likely N-dealkylation sites (N-methyl/N-ethyl adjacent to an activating group) is 6. The van der Waals surface area contributed by atoms with E-state index in [1.807, 2.05) is 121 Å². The zero-order chi connectivity index (χ0) is 82.5. The van der Waals surface area contributed by atoms with Crippen LogP contribution in [0.2, 0.25) is 36.3 Å². The third-order valence-electron chi connectivity index (χ3n) is 21.9. The highest BCUT2D eigenvalue weighted by Gasteiger charge is 2.49. The molecule has 108 heavy (non-hydrogen) atoms. The van der Waals surface area contributed by atoms with E-state index in [9.17, 15) is 14.4 Å². The highest BCUT2D eigenvalue weighted by molar-refractivity contribution is 6.74. The molecule has 1 saturated heterocycles. The van der Waals surface area contributed by atoms with Gasteiger partial charge in [0.1, 0.15) is 60.2 Å². The number of cyclic esters (lactones) is 1. The standard InChI is InChI=1S/C80H142N12O14Si2/c1-30-107(31-2,32-3)105-56(23)66-77(100)87(24)46-65(93)88(25)61(42-49(11)12)72(95)84-59(40-47(7)8)75(98)89(26)62(43-50(13)14)71(94)81-55(22)80(103)104-69(53(19)20)79(102)90(27)63(44-51(15)16)73(96)85-60(41-48(9)10)76(99)91(28)67(52(17)18)78(101)92(29)68(74(97)86-66)70(106-108(33-4,34-5)35-6)54(21)45-64-82-57-38-36-37-39-58(57)83-64/h36-39,47-56,59-63,66-70H,30-35,40-46H2,1-29H3,(H,81,94)(H,82,83)(H,84,95)(H,85,96)(H,86,97)/t54-,55+,56-,59-,60+,61+,62-,63-,66+,67-,68-,69+,70-/m1/s1. The first-order valence-electron chi connectivity index (χ1n) is 40.1. The van der Waals surface area contributed by atoms with E-state index in [1.165, 1.54) is 78.6 Å². The molecule has 5 N–H and O–H groups in total. The van der Waals surface area contributed by atoms with Gasteiger partial charge in [-0.05, 0) is 142 Å². The number of hydrogen-bond donors (Lipinski definition) is 5. The minimum absolute atomic E-state index is 0.0992. The number of amides is 10. The second kappa shape index (κ2) is 43.1. The smallest absolute Gasteiger partial charge is 0.329 e. The fourth-order valence-corrected chi connectivity index (χ4v) is 20.6. The number of para-hydroxylation sites is 2. The molecule has 13 atom stereocenters. The van der Waals surface area contributed by atoms with E-state index >= 15 is 38.4 Å². The van der Waals surface area contributed by atoms with Gasteiger partial charge in [0.2, 0.25) is 53.2 Å². The maximum atomic E-state index is 16.6. The van der Waals surface area contributed by atoms with Crippen LogP contribution in [0.1, 0.15) is 197 Å². The molecule has 10 amide bonds. The lowest BCUT2D eigenvalue weighted by molar-refractivity contribution is -0.166. The largest absolute Gasteiger partial charge is 0.450 e. The number of benzene rings is 1. The number of carbonyl (C=O) groups is 11. The quantitative estimate of drug-likeness (QED) is 0.0411. The molecule has 1 aromatic carbocycles. The minimum Gasteiger partial charge on any atom is -0.450 e. The lowest BCUT2D eigenvalue weighted by Crippen LogP contribution is -2.66. The van der Waals surface area contributed by atoms with E-state index in [-0.39, 0.29) is 68.1 Å². The molecule has 1 fully saturated rings. The first kappa shape index (κ1) is 95.4. The monoisotopic (exact) mass is 1550 g/mol. The summed E-state index contributed by atoms with van der Waals surface area (Å²) < 4.78 is 20.7. The maximum Gasteiger partial charge on any atom is 0.329 e. The molecule has 26 nitrogen and oxygen atoms in total. The van der Waals surface area contributed by atoms with Gasteiger partial charge in [-0.1, -0.05) is 158 Å². The third-order valence-corrected chi connectivity index (χ3v) is 31.3. The van der Waals surface area contributed by atoms with Crippen LogP contribution >= 0.6 is 0 Å². The van der Waals surface area contributed by atoms with Crippen molar-refractivity contribution in [1.29, 1.82) is 0 Å². The summed E-state index contributed by atoms with van der Waals surface area (Å²) in [6.07, 6.45) is -2.73. The van der Waals surface area contributed by atoms with Crippen LogP contribution in [0, 0.1) is 47.3 Å². The van der Waals surface area contributed by atoms with Crippen LogP contribution < -0.4 is 21.3 Å². The van der Waals surface area contributed by atoms with Crippen LogP contribution in [0.4, 0.5) is 0 Å². The summed E-state index contributed by atoms with van der Waals surface area (Å²) in [5.41, 5.74) is 1.52. The van der Waals surface area contributed by atoms with Crippen molar-refractivity contribution < 1.29 is 66.3 Å². The Morgan fingerprint density at radius 2 is 0.889 bits per heavy atom. The van der Waals surface area contributed by atoms with Gasteiger partial charge in [-0.15, -0.1) is 0 Å². The van der Waals surface area contributed by atoms with Gasteiger partial charge in [0.25, 0.3) is 5.91 Å². The van der Waals surface area contributed by atoms with Gasteiger partial charge in [0.15, 0.2) is 22.7 Å². The topological polar surface area (TPSA) is 312 Å². The van der Waals surface area contributed by atoms with E-state index < -0.39 is 179 Å². The number of fused-ring (bicyclic) bond motifs is 1. The zero-order valence-electron chi connectivity index (χ0n) is 71.4. The zero-order valence-corrected chi connectivity index (χ0v) is 73.4. The van der Waals surface area contributed by atoms with E-state index in [0.717, 1.165) is 11.0 Å². The van der Waals surface area contributed by atoms with Gasteiger partial charge in [-0.3, -0.25) is 47.9 Å². The van der Waals surface area contributed by atoms with E-state index in [1.54, 1.807) is 34.6 Å². The van der Waals surface area contributed by atoms with Gasteiger partial charge >= 0.3 is 5.97 Å². The summed E-state index contributed by atoms with van der Waals surface area (Å²) in [5, 5.41) is 11.8. The Kier molecular flexibility index (Phi) is 38.1. The Morgan fingerprint density at radius 3 is 1.32 bits per heavy atom. The molecule has 0 unspecified atom stereocenters. The molecule has 0 spiro atoms. The molecule has 1 aromatic heterocycles. The number of H-pyrrole nitrogens is 1. The van der Waals surface area contributed by atoms with Crippen molar-refractivity contribution in [3.8, 4) is 0 Å². The molecule has 28 heteroatoms. The average Bonchev–Trinajstić information content (AvgIpc) is 0.958. The molecule has 0 aliphatic carbocycles. The number of imidazole rings is 1. The van der Waals surface area contributed by atoms with Crippen LogP contribution in [0.3, 0.4) is 0 Å². The Hall–Kier alpha value is -6.79. The lowest BCUT2D eigenvalue weighted by atomic mass is 9.91. The highest BCUT2D eigenvalue weighted by Crippen LogP contribution is 2.33. The number of carbonyl (C=O) groups excluding carboxylic acids is 11. The number of nitrogens with zero attached hydrogens (tertiary/aromatic N) is 7. The van der Waals surface area contributed by atoms with Gasteiger partial charge in [0.05, 0.1) is 29.8 Å². The minimum atomic E-state index is -2.82. The first-order chi connectivity index (χ1) is 50.3. The third kappa shape index (κ3) is 25.9. The van der Waals surface area contributed by atoms with E-state index in [2.05, 4.69) is 47.0 Å². The molecule has 1 aliphatic rings. The summed E-state index contributed by atoms with van der Waals surface area (Å²) in [7, 11) is 3.33. The summed E-state index contributed by atoms with van der Waals surface area (Å²) in [4.78, 5) is 185. The van der Waals surface area contributed by atoms with Gasteiger partial charge in [0, 0.05) is 48.7 Å². The first-order valence-corrected chi connectivity index (χ1v) is 45.1. The predicted molar refractivity (Wildman–Crippen MR) is 429 cm³/mol. The van der Waals surface area contributed by atoms with Crippen molar-refractivity contribution in [2.75, 3.05) is 48.8 Å². The molecular weight excluding hydrogens is 1410 g/mol.